The molecule has 4 aromatic rings. The number of ether oxygens (including phenoxy) is 3. The number of nitrogens with one attached hydrogen (secondary N) is 1. The predicted molar refractivity (Wildman–Crippen MR) is 121 cm³/mol. The molecular weight excluding hydrogens is 430 g/mol. The number of rotatable bonds is 7. The van der Waals surface area contributed by atoms with Gasteiger partial charge in [-0.25, -0.2) is 9.97 Å². The zero-order valence-electron chi connectivity index (χ0n) is 17.8. The summed E-state index contributed by atoms with van der Waals surface area (Å²) in [6, 6.07) is 10.9. The first-order valence-corrected chi connectivity index (χ1v) is 10.7. The van der Waals surface area contributed by atoms with Crippen LogP contribution in [0.1, 0.15) is 17.1 Å². The van der Waals surface area contributed by atoms with Crippen LogP contribution in [0.25, 0.3) is 21.5 Å². The normalized spacial score (nSPS) is 10.8. The molecule has 0 bridgehead atoms. The number of hydrogen-bond acceptors (Lipinski definition) is 8. The van der Waals surface area contributed by atoms with Crippen molar-refractivity contribution in [1.82, 2.24) is 15.0 Å². The summed E-state index contributed by atoms with van der Waals surface area (Å²) in [7, 11) is 3.15. The maximum absolute atomic E-state index is 12.3. The van der Waals surface area contributed by atoms with Crippen LogP contribution >= 0.6 is 11.3 Å². The molecule has 2 aromatic carbocycles. The Bertz CT molecular complexity index is 1350. The number of nitrogens with zero attached hydrogens (tertiary/aromatic N) is 2. The SMILES string of the molecule is COc1ccc(-c2nc(CC(=O)OCc3nc4c(C)cccc4c(=O)[nH]3)cs2)cc1OC. The summed E-state index contributed by atoms with van der Waals surface area (Å²) >= 11 is 1.42. The highest BCUT2D eigenvalue weighted by Crippen LogP contribution is 2.33. The fourth-order valence-corrected chi connectivity index (χ4v) is 4.07. The Labute approximate surface area is 187 Å². The van der Waals surface area contributed by atoms with Crippen molar-refractivity contribution in [2.45, 2.75) is 20.0 Å². The van der Waals surface area contributed by atoms with E-state index in [0.29, 0.717) is 33.9 Å². The minimum atomic E-state index is -0.457. The molecule has 0 atom stereocenters. The van der Waals surface area contributed by atoms with Gasteiger partial charge in [-0.1, -0.05) is 12.1 Å². The first kappa shape index (κ1) is 21.5. The second-order valence-electron chi connectivity index (χ2n) is 7.03. The van der Waals surface area contributed by atoms with E-state index in [1.165, 1.54) is 11.3 Å². The molecule has 0 saturated carbocycles. The topological polar surface area (TPSA) is 103 Å². The lowest BCUT2D eigenvalue weighted by Crippen LogP contribution is -2.15. The van der Waals surface area contributed by atoms with Crippen LogP contribution in [0.4, 0.5) is 0 Å². The van der Waals surface area contributed by atoms with Crippen LogP contribution in [0, 0.1) is 6.92 Å². The number of aromatic amines is 1. The highest BCUT2D eigenvalue weighted by molar-refractivity contribution is 7.13. The molecule has 0 aliphatic carbocycles. The molecule has 164 valence electrons. The van der Waals surface area contributed by atoms with Crippen molar-refractivity contribution in [1.29, 1.82) is 0 Å². The van der Waals surface area contributed by atoms with Crippen LogP contribution in [-0.2, 0) is 22.6 Å². The Morgan fingerprint density at radius 2 is 1.91 bits per heavy atom. The van der Waals surface area contributed by atoms with E-state index in [4.69, 9.17) is 14.2 Å². The molecule has 0 aliphatic heterocycles. The first-order valence-electron chi connectivity index (χ1n) is 9.79. The van der Waals surface area contributed by atoms with Crippen molar-refractivity contribution in [3.8, 4) is 22.1 Å². The molecule has 2 aromatic heterocycles. The molecule has 0 fully saturated rings. The average molecular weight is 452 g/mol. The van der Waals surface area contributed by atoms with E-state index < -0.39 is 5.97 Å². The largest absolute Gasteiger partial charge is 0.493 e. The van der Waals surface area contributed by atoms with E-state index in [2.05, 4.69) is 15.0 Å². The van der Waals surface area contributed by atoms with E-state index in [0.717, 1.165) is 16.1 Å². The van der Waals surface area contributed by atoms with Gasteiger partial charge in [0.1, 0.15) is 17.4 Å². The van der Waals surface area contributed by atoms with Crippen LogP contribution in [0.15, 0.2) is 46.6 Å². The molecular formula is C23H21N3O5S. The summed E-state index contributed by atoms with van der Waals surface area (Å²) < 4.78 is 15.9. The van der Waals surface area contributed by atoms with Gasteiger partial charge in [-0.2, -0.15) is 0 Å². The maximum Gasteiger partial charge on any atom is 0.312 e. The highest BCUT2D eigenvalue weighted by atomic mass is 32.1. The molecule has 9 heteroatoms. The molecule has 0 radical (unpaired) electrons. The van der Waals surface area contributed by atoms with Gasteiger partial charge in [0.2, 0.25) is 0 Å². The zero-order chi connectivity index (χ0) is 22.7. The van der Waals surface area contributed by atoms with E-state index >= 15 is 0 Å². The number of carbonyl (C=O) groups excluding carboxylic acids is 1. The summed E-state index contributed by atoms with van der Waals surface area (Å²) in [5, 5.41) is 3.07. The fourth-order valence-electron chi connectivity index (χ4n) is 3.26. The van der Waals surface area contributed by atoms with Crippen molar-refractivity contribution in [3.63, 3.8) is 0 Å². The van der Waals surface area contributed by atoms with Crippen LogP contribution in [0.2, 0.25) is 0 Å². The Morgan fingerprint density at radius 1 is 1.09 bits per heavy atom. The van der Waals surface area contributed by atoms with Gasteiger partial charge >= 0.3 is 5.97 Å². The van der Waals surface area contributed by atoms with Gasteiger partial charge in [0.15, 0.2) is 11.5 Å². The van der Waals surface area contributed by atoms with Gasteiger partial charge in [-0.05, 0) is 36.8 Å². The van der Waals surface area contributed by atoms with Crippen molar-refractivity contribution in [2.75, 3.05) is 14.2 Å². The highest BCUT2D eigenvalue weighted by Gasteiger charge is 2.13. The summed E-state index contributed by atoms with van der Waals surface area (Å²) in [5.74, 6) is 1.08. The van der Waals surface area contributed by atoms with E-state index in [1.807, 2.05) is 36.6 Å². The van der Waals surface area contributed by atoms with Gasteiger partial charge in [0.25, 0.3) is 5.56 Å². The van der Waals surface area contributed by atoms with Gasteiger partial charge in [0.05, 0.1) is 37.2 Å². The monoisotopic (exact) mass is 451 g/mol. The van der Waals surface area contributed by atoms with E-state index in [1.54, 1.807) is 26.4 Å². The number of hydrogen-bond donors (Lipinski definition) is 1. The second kappa shape index (κ2) is 9.19. The van der Waals surface area contributed by atoms with Crippen molar-refractivity contribution < 1.29 is 19.0 Å². The number of esters is 1. The molecule has 8 nitrogen and oxygen atoms in total. The first-order chi connectivity index (χ1) is 15.5. The molecule has 2 heterocycles. The predicted octanol–water partition coefficient (Wildman–Crippen LogP) is 3.66. The van der Waals surface area contributed by atoms with E-state index in [-0.39, 0.29) is 18.6 Å². The van der Waals surface area contributed by atoms with Crippen LogP contribution in [0.3, 0.4) is 0 Å². The van der Waals surface area contributed by atoms with Gasteiger partial charge in [0, 0.05) is 10.9 Å². The Hall–Kier alpha value is -3.72. The number of aromatic nitrogens is 3. The zero-order valence-corrected chi connectivity index (χ0v) is 18.6. The lowest BCUT2D eigenvalue weighted by Gasteiger charge is -2.08. The lowest BCUT2D eigenvalue weighted by atomic mass is 10.1. The Morgan fingerprint density at radius 3 is 2.69 bits per heavy atom. The summed E-state index contributed by atoms with van der Waals surface area (Å²) in [6.45, 7) is 1.76. The number of carbonyl (C=O) groups is 1. The molecule has 0 saturated heterocycles. The standard InChI is InChI=1S/C23H21N3O5S/c1-13-5-4-6-16-21(13)25-19(26-22(16)28)11-31-20(27)10-15-12-32-23(24-15)14-7-8-17(29-2)18(9-14)30-3/h4-9,12H,10-11H2,1-3H3,(H,25,26,28). The van der Waals surface area contributed by atoms with Crippen molar-refractivity contribution in [3.05, 3.63) is 69.2 Å². The average Bonchev–Trinajstić information content (AvgIpc) is 3.26. The van der Waals surface area contributed by atoms with Crippen LogP contribution in [-0.4, -0.2) is 35.1 Å². The third-order valence-corrected chi connectivity index (χ3v) is 5.80. The third-order valence-electron chi connectivity index (χ3n) is 4.86. The Kier molecular flexibility index (Phi) is 6.18. The number of thiazole rings is 1. The van der Waals surface area contributed by atoms with Gasteiger partial charge < -0.3 is 19.2 Å². The number of aryl methyl sites for hydroxylation is 1. The minimum absolute atomic E-state index is 0.0145. The number of para-hydroxylation sites is 1. The van der Waals surface area contributed by atoms with Crippen LogP contribution in [0.5, 0.6) is 11.5 Å². The molecule has 4 rings (SSSR count). The quantitative estimate of drug-likeness (QED) is 0.428. The number of benzene rings is 2. The summed E-state index contributed by atoms with van der Waals surface area (Å²) in [6.07, 6.45) is 0.0145. The number of methoxy groups -OCH3 is 2. The molecule has 0 aliphatic rings. The maximum atomic E-state index is 12.3. The summed E-state index contributed by atoms with van der Waals surface area (Å²) in [5.41, 5.74) is 2.68. The van der Waals surface area contributed by atoms with Gasteiger partial charge in [-0.15, -0.1) is 11.3 Å². The van der Waals surface area contributed by atoms with Gasteiger partial charge in [-0.3, -0.25) is 9.59 Å². The molecule has 0 amide bonds. The van der Waals surface area contributed by atoms with E-state index in [9.17, 15) is 9.59 Å². The second-order valence-corrected chi connectivity index (χ2v) is 7.89. The molecule has 0 unspecified atom stereocenters. The third kappa shape index (κ3) is 4.47. The Balaban J connectivity index is 1.42. The number of H-pyrrole nitrogens is 1. The number of fused-ring (bicyclic) bond motifs is 1. The smallest absolute Gasteiger partial charge is 0.312 e. The van der Waals surface area contributed by atoms with Crippen molar-refractivity contribution >= 4 is 28.2 Å². The van der Waals surface area contributed by atoms with Crippen LogP contribution < -0.4 is 15.0 Å². The minimum Gasteiger partial charge on any atom is -0.493 e. The molecule has 1 N–H and O–H groups in total. The molecule has 0 spiro atoms. The summed E-state index contributed by atoms with van der Waals surface area (Å²) in [4.78, 5) is 36.2. The molecule has 32 heavy (non-hydrogen) atoms. The lowest BCUT2D eigenvalue weighted by molar-refractivity contribution is -0.144. The fraction of sp³-hybridized carbons (Fsp3) is 0.217. The van der Waals surface area contributed by atoms with Crippen molar-refractivity contribution in [2.24, 2.45) is 0 Å².